The summed E-state index contributed by atoms with van der Waals surface area (Å²) in [5.74, 6) is 1.67. The fourth-order valence-electron chi connectivity index (χ4n) is 2.33. The third-order valence-corrected chi connectivity index (χ3v) is 3.29. The minimum Gasteiger partial charge on any atom is -0.356 e. The topological polar surface area (TPSA) is 57.8 Å². The van der Waals surface area contributed by atoms with Crippen molar-refractivity contribution < 1.29 is 4.79 Å². The number of aryl methyl sites for hydroxylation is 1. The van der Waals surface area contributed by atoms with E-state index in [4.69, 9.17) is 0 Å². The third kappa shape index (κ3) is 2.16. The van der Waals surface area contributed by atoms with Crippen LogP contribution in [0.3, 0.4) is 0 Å². The minimum absolute atomic E-state index is 0.180. The Balaban J connectivity index is 1.66. The second-order valence-corrected chi connectivity index (χ2v) is 4.61. The lowest BCUT2D eigenvalue weighted by Crippen LogP contribution is -2.14. The number of para-hydroxylation sites is 2. The van der Waals surface area contributed by atoms with Crippen molar-refractivity contribution in [2.24, 2.45) is 5.92 Å². The standard InChI is InChI=1S/C13H15N3O/c17-13-7-9(8-14-13)5-6-12-15-10-3-1-2-4-11(10)16-12/h1-4,9H,5-8H2,(H,14,17)(H,15,16). The van der Waals surface area contributed by atoms with Crippen LogP contribution in [0, 0.1) is 5.92 Å². The largest absolute Gasteiger partial charge is 0.356 e. The molecule has 2 aromatic rings. The number of carbonyl (C=O) groups excluding carboxylic acids is 1. The van der Waals surface area contributed by atoms with Gasteiger partial charge in [-0.25, -0.2) is 4.98 Å². The number of aromatic amines is 1. The predicted molar refractivity (Wildman–Crippen MR) is 65.5 cm³/mol. The van der Waals surface area contributed by atoms with E-state index in [1.165, 1.54) is 0 Å². The van der Waals surface area contributed by atoms with Crippen LogP contribution >= 0.6 is 0 Å². The van der Waals surface area contributed by atoms with Gasteiger partial charge < -0.3 is 10.3 Å². The minimum atomic E-state index is 0.180. The highest BCUT2D eigenvalue weighted by atomic mass is 16.1. The van der Waals surface area contributed by atoms with Crippen LogP contribution in [0.4, 0.5) is 0 Å². The van der Waals surface area contributed by atoms with Gasteiger partial charge in [-0.2, -0.15) is 0 Å². The first-order valence-electron chi connectivity index (χ1n) is 6.01. The maximum Gasteiger partial charge on any atom is 0.220 e. The van der Waals surface area contributed by atoms with Gasteiger partial charge in [-0.1, -0.05) is 12.1 Å². The number of imidazole rings is 1. The Kier molecular flexibility index (Phi) is 2.55. The van der Waals surface area contributed by atoms with Crippen LogP contribution in [0.25, 0.3) is 11.0 Å². The zero-order chi connectivity index (χ0) is 11.7. The zero-order valence-corrected chi connectivity index (χ0v) is 9.57. The number of rotatable bonds is 3. The van der Waals surface area contributed by atoms with Gasteiger partial charge in [0, 0.05) is 19.4 Å². The molecule has 1 aliphatic heterocycles. The third-order valence-electron chi connectivity index (χ3n) is 3.29. The van der Waals surface area contributed by atoms with Crippen LogP contribution in [0.15, 0.2) is 24.3 Å². The lowest BCUT2D eigenvalue weighted by Gasteiger charge is -2.03. The molecule has 0 aliphatic carbocycles. The first-order chi connectivity index (χ1) is 8.31. The summed E-state index contributed by atoms with van der Waals surface area (Å²) < 4.78 is 0. The van der Waals surface area contributed by atoms with Crippen LogP contribution in [-0.4, -0.2) is 22.4 Å². The Labute approximate surface area is 99.4 Å². The van der Waals surface area contributed by atoms with Crippen molar-refractivity contribution in [1.29, 1.82) is 0 Å². The molecule has 4 nitrogen and oxygen atoms in total. The van der Waals surface area contributed by atoms with Gasteiger partial charge in [0.25, 0.3) is 0 Å². The molecule has 0 saturated carbocycles. The van der Waals surface area contributed by atoms with Crippen molar-refractivity contribution in [3.63, 3.8) is 0 Å². The Morgan fingerprint density at radius 3 is 3.00 bits per heavy atom. The smallest absolute Gasteiger partial charge is 0.220 e. The molecule has 0 bridgehead atoms. The molecule has 2 N–H and O–H groups in total. The second kappa shape index (κ2) is 4.20. The van der Waals surface area contributed by atoms with E-state index >= 15 is 0 Å². The van der Waals surface area contributed by atoms with E-state index < -0.39 is 0 Å². The van der Waals surface area contributed by atoms with Gasteiger partial charge in [0.1, 0.15) is 5.82 Å². The fraction of sp³-hybridized carbons (Fsp3) is 0.385. The van der Waals surface area contributed by atoms with E-state index in [1.807, 2.05) is 24.3 Å². The monoisotopic (exact) mass is 229 g/mol. The second-order valence-electron chi connectivity index (χ2n) is 4.61. The molecule has 0 radical (unpaired) electrons. The Morgan fingerprint density at radius 1 is 1.35 bits per heavy atom. The number of hydrogen-bond donors (Lipinski definition) is 2. The Morgan fingerprint density at radius 2 is 2.24 bits per heavy atom. The van der Waals surface area contributed by atoms with Crippen molar-refractivity contribution in [2.75, 3.05) is 6.54 Å². The zero-order valence-electron chi connectivity index (χ0n) is 9.57. The summed E-state index contributed by atoms with van der Waals surface area (Å²) in [6.07, 6.45) is 2.59. The number of H-pyrrole nitrogens is 1. The normalized spacial score (nSPS) is 19.8. The molecule has 1 unspecified atom stereocenters. The van der Waals surface area contributed by atoms with Gasteiger partial charge >= 0.3 is 0 Å². The van der Waals surface area contributed by atoms with Gasteiger partial charge in [0.2, 0.25) is 5.91 Å². The average molecular weight is 229 g/mol. The highest BCUT2D eigenvalue weighted by Gasteiger charge is 2.21. The van der Waals surface area contributed by atoms with Crippen LogP contribution in [0.1, 0.15) is 18.7 Å². The summed E-state index contributed by atoms with van der Waals surface area (Å²) in [6.45, 7) is 0.819. The summed E-state index contributed by atoms with van der Waals surface area (Å²) in [7, 11) is 0. The highest BCUT2D eigenvalue weighted by molar-refractivity contribution is 5.78. The number of carbonyl (C=O) groups is 1. The quantitative estimate of drug-likeness (QED) is 0.840. The van der Waals surface area contributed by atoms with E-state index in [0.717, 1.165) is 36.2 Å². The Hall–Kier alpha value is -1.84. The molecule has 17 heavy (non-hydrogen) atoms. The predicted octanol–water partition coefficient (Wildman–Crippen LogP) is 1.63. The molecule has 1 amide bonds. The van der Waals surface area contributed by atoms with Crippen molar-refractivity contribution in [3.8, 4) is 0 Å². The molecule has 1 aromatic carbocycles. The van der Waals surface area contributed by atoms with E-state index in [0.29, 0.717) is 12.3 Å². The molecular weight excluding hydrogens is 214 g/mol. The fourth-order valence-corrected chi connectivity index (χ4v) is 2.33. The van der Waals surface area contributed by atoms with E-state index in [9.17, 15) is 4.79 Å². The van der Waals surface area contributed by atoms with Gasteiger partial charge in [0.05, 0.1) is 11.0 Å². The first-order valence-corrected chi connectivity index (χ1v) is 6.01. The van der Waals surface area contributed by atoms with Gasteiger partial charge in [-0.15, -0.1) is 0 Å². The summed E-state index contributed by atoms with van der Waals surface area (Å²) in [6, 6.07) is 8.04. The van der Waals surface area contributed by atoms with Crippen LogP contribution in [0.2, 0.25) is 0 Å². The highest BCUT2D eigenvalue weighted by Crippen LogP contribution is 2.17. The maximum absolute atomic E-state index is 11.1. The lowest BCUT2D eigenvalue weighted by atomic mass is 10.0. The van der Waals surface area contributed by atoms with Crippen LogP contribution < -0.4 is 5.32 Å². The SMILES string of the molecule is O=C1CC(CCc2nc3ccccc3[nH]2)CN1. The average Bonchev–Trinajstić information content (AvgIpc) is 2.91. The van der Waals surface area contributed by atoms with Crippen molar-refractivity contribution in [3.05, 3.63) is 30.1 Å². The molecule has 0 spiro atoms. The number of nitrogens with one attached hydrogen (secondary N) is 2. The van der Waals surface area contributed by atoms with Gasteiger partial charge in [-0.05, 0) is 24.5 Å². The number of hydrogen-bond acceptors (Lipinski definition) is 2. The molecule has 1 fully saturated rings. The summed E-state index contributed by atoms with van der Waals surface area (Å²) in [5, 5.41) is 2.86. The number of fused-ring (bicyclic) bond motifs is 1. The van der Waals surface area contributed by atoms with E-state index in [1.54, 1.807) is 0 Å². The molecule has 2 heterocycles. The summed E-state index contributed by atoms with van der Waals surface area (Å²) in [5.41, 5.74) is 2.10. The number of amides is 1. The molecule has 4 heteroatoms. The summed E-state index contributed by atoms with van der Waals surface area (Å²) >= 11 is 0. The molecular formula is C13H15N3O. The molecule has 3 rings (SSSR count). The summed E-state index contributed by atoms with van der Waals surface area (Å²) in [4.78, 5) is 18.9. The Bertz CT molecular complexity index is 513. The van der Waals surface area contributed by atoms with Crippen LogP contribution in [0.5, 0.6) is 0 Å². The van der Waals surface area contributed by atoms with Crippen molar-refractivity contribution in [2.45, 2.75) is 19.3 Å². The maximum atomic E-state index is 11.1. The molecule has 1 atom stereocenters. The first kappa shape index (κ1) is 10.3. The van der Waals surface area contributed by atoms with Crippen molar-refractivity contribution in [1.82, 2.24) is 15.3 Å². The number of nitrogens with zero attached hydrogens (tertiary/aromatic N) is 1. The van der Waals surface area contributed by atoms with Crippen molar-refractivity contribution >= 4 is 16.9 Å². The van der Waals surface area contributed by atoms with E-state index in [-0.39, 0.29) is 5.91 Å². The molecule has 1 aliphatic rings. The van der Waals surface area contributed by atoms with Gasteiger partial charge in [0.15, 0.2) is 0 Å². The number of benzene rings is 1. The molecule has 88 valence electrons. The number of aromatic nitrogens is 2. The van der Waals surface area contributed by atoms with E-state index in [2.05, 4.69) is 15.3 Å². The molecule has 1 aromatic heterocycles. The lowest BCUT2D eigenvalue weighted by molar-refractivity contribution is -0.119. The van der Waals surface area contributed by atoms with Gasteiger partial charge in [-0.3, -0.25) is 4.79 Å². The molecule has 1 saturated heterocycles. The van der Waals surface area contributed by atoms with Crippen LogP contribution in [-0.2, 0) is 11.2 Å².